The lowest BCUT2D eigenvalue weighted by molar-refractivity contribution is 0.00492. The molecule has 0 saturated carbocycles. The highest BCUT2D eigenvalue weighted by Gasteiger charge is 2.50. The molecule has 0 bridgehead atoms. The molecular formula is C54H78O4. The van der Waals surface area contributed by atoms with Gasteiger partial charge in [-0.2, -0.15) is 0 Å². The summed E-state index contributed by atoms with van der Waals surface area (Å²) in [5.74, 6) is 3.08. The molecule has 4 nitrogen and oxygen atoms in total. The minimum atomic E-state index is -0.827. The average molecular weight is 791 g/mol. The van der Waals surface area contributed by atoms with Gasteiger partial charge in [0.1, 0.15) is 39.8 Å². The Balaban J connectivity index is 2.28. The van der Waals surface area contributed by atoms with Crippen LogP contribution >= 0.6 is 0 Å². The Morgan fingerprint density at radius 3 is 1.02 bits per heavy atom. The molecule has 4 rings (SSSR count). The van der Waals surface area contributed by atoms with Gasteiger partial charge in [0.15, 0.2) is 0 Å². The first-order chi connectivity index (χ1) is 28.2. The molecule has 0 heterocycles. The topological polar surface area (TPSA) is 47.9 Å². The lowest BCUT2D eigenvalue weighted by Crippen LogP contribution is -2.45. The first-order valence-corrected chi connectivity index (χ1v) is 23.4. The van der Waals surface area contributed by atoms with Crippen LogP contribution in [-0.4, -0.2) is 5.11 Å². The van der Waals surface area contributed by atoms with Crippen molar-refractivity contribution in [2.45, 2.75) is 195 Å². The summed E-state index contributed by atoms with van der Waals surface area (Å²) in [7, 11) is 0. The molecule has 0 amide bonds. The molecule has 0 spiro atoms. The van der Waals surface area contributed by atoms with Crippen molar-refractivity contribution in [1.29, 1.82) is 0 Å². The molecule has 0 aliphatic heterocycles. The normalized spacial score (nSPS) is 12.2. The monoisotopic (exact) mass is 791 g/mol. The fraction of sp³-hybridized carbons (Fsp3) is 0.556. The lowest BCUT2D eigenvalue weighted by atomic mass is 9.68. The highest BCUT2D eigenvalue weighted by Crippen LogP contribution is 2.54. The molecule has 4 aromatic rings. The fourth-order valence-electron chi connectivity index (χ4n) is 9.81. The standard InChI is InChI=1S/C54H78O4/c1-10-25-42-28-19-22-31-47(42)56-52(36-13-4,37-14-5)45-34-35-46(55)51(54(40-17-8,41-18-9)58-49-33-24-21-30-44(49)27-12-3)50(45)53(38-15-6,39-16-7)57-48-32-23-20-29-43(48)26-11-2/h19-24,28-35,55H,10-18,25-27,36-41H2,1-9H3. The maximum absolute atomic E-state index is 12.8. The third-order valence-corrected chi connectivity index (χ3v) is 11.9. The van der Waals surface area contributed by atoms with Crippen molar-refractivity contribution >= 4 is 0 Å². The van der Waals surface area contributed by atoms with E-state index in [1.54, 1.807) is 0 Å². The Morgan fingerprint density at radius 1 is 0.362 bits per heavy atom. The molecule has 4 aromatic carbocycles. The van der Waals surface area contributed by atoms with Crippen molar-refractivity contribution in [3.05, 3.63) is 118 Å². The number of para-hydroxylation sites is 3. The van der Waals surface area contributed by atoms with E-state index in [-0.39, 0.29) is 5.75 Å². The Kier molecular flexibility index (Phi) is 18.6. The summed E-state index contributed by atoms with van der Waals surface area (Å²) in [5, 5.41) is 12.8. The van der Waals surface area contributed by atoms with E-state index in [1.807, 2.05) is 6.07 Å². The summed E-state index contributed by atoms with van der Waals surface area (Å²) in [5.41, 5.74) is 4.47. The van der Waals surface area contributed by atoms with Gasteiger partial charge >= 0.3 is 0 Å². The molecular weight excluding hydrogens is 713 g/mol. The summed E-state index contributed by atoms with van der Waals surface area (Å²) in [4.78, 5) is 0. The summed E-state index contributed by atoms with van der Waals surface area (Å²) in [6, 6.07) is 30.0. The molecule has 0 saturated heterocycles. The summed E-state index contributed by atoms with van der Waals surface area (Å²) < 4.78 is 23.1. The number of rotatable bonds is 27. The van der Waals surface area contributed by atoms with Crippen molar-refractivity contribution < 1.29 is 19.3 Å². The van der Waals surface area contributed by atoms with Crippen LogP contribution in [0.1, 0.15) is 192 Å². The van der Waals surface area contributed by atoms with Crippen LogP contribution in [0.15, 0.2) is 84.9 Å². The molecule has 0 aliphatic rings. The van der Waals surface area contributed by atoms with E-state index in [4.69, 9.17) is 14.2 Å². The molecule has 0 unspecified atom stereocenters. The first-order valence-electron chi connectivity index (χ1n) is 23.4. The van der Waals surface area contributed by atoms with E-state index in [0.29, 0.717) is 0 Å². The third kappa shape index (κ3) is 10.8. The van der Waals surface area contributed by atoms with Crippen molar-refractivity contribution in [1.82, 2.24) is 0 Å². The number of benzene rings is 4. The van der Waals surface area contributed by atoms with Crippen LogP contribution < -0.4 is 14.2 Å². The number of ether oxygens (including phenoxy) is 3. The molecule has 0 fully saturated rings. The minimum Gasteiger partial charge on any atom is -0.508 e. The molecule has 0 aliphatic carbocycles. The van der Waals surface area contributed by atoms with Gasteiger partial charge in [0.2, 0.25) is 0 Å². The highest BCUT2D eigenvalue weighted by atomic mass is 16.5. The zero-order chi connectivity index (χ0) is 42.0. The van der Waals surface area contributed by atoms with Gasteiger partial charge in [0.25, 0.3) is 0 Å². The Bertz CT molecular complexity index is 1790. The second-order valence-electron chi connectivity index (χ2n) is 16.7. The minimum absolute atomic E-state index is 0.281. The van der Waals surface area contributed by atoms with Crippen molar-refractivity contribution in [2.24, 2.45) is 0 Å². The van der Waals surface area contributed by atoms with E-state index >= 15 is 0 Å². The Morgan fingerprint density at radius 2 is 0.672 bits per heavy atom. The van der Waals surface area contributed by atoms with Gasteiger partial charge in [-0.05, 0) is 98.7 Å². The Labute approximate surface area is 354 Å². The van der Waals surface area contributed by atoms with Crippen LogP contribution in [-0.2, 0) is 36.1 Å². The number of phenols is 1. The van der Waals surface area contributed by atoms with Crippen LogP contribution in [0, 0.1) is 0 Å². The fourth-order valence-corrected chi connectivity index (χ4v) is 9.81. The predicted molar refractivity (Wildman–Crippen MR) is 246 cm³/mol. The van der Waals surface area contributed by atoms with Crippen molar-refractivity contribution in [2.75, 3.05) is 0 Å². The van der Waals surface area contributed by atoms with Gasteiger partial charge in [0.05, 0.1) is 0 Å². The summed E-state index contributed by atoms with van der Waals surface area (Å²) in [6.07, 6.45) is 16.1. The van der Waals surface area contributed by atoms with Gasteiger partial charge in [-0.15, -0.1) is 0 Å². The van der Waals surface area contributed by atoms with Gasteiger partial charge in [-0.1, -0.05) is 181 Å². The lowest BCUT2D eigenvalue weighted by Gasteiger charge is -2.47. The van der Waals surface area contributed by atoms with Crippen LogP contribution in [0.3, 0.4) is 0 Å². The van der Waals surface area contributed by atoms with Crippen molar-refractivity contribution in [3.8, 4) is 23.0 Å². The maximum atomic E-state index is 12.8. The predicted octanol–water partition coefficient (Wildman–Crippen LogP) is 15.9. The molecule has 318 valence electrons. The van der Waals surface area contributed by atoms with Crippen LogP contribution in [0.4, 0.5) is 0 Å². The van der Waals surface area contributed by atoms with Gasteiger partial charge < -0.3 is 19.3 Å². The molecule has 0 aromatic heterocycles. The van der Waals surface area contributed by atoms with Crippen LogP contribution in [0.2, 0.25) is 0 Å². The van der Waals surface area contributed by atoms with Gasteiger partial charge in [-0.25, -0.2) is 0 Å². The molecule has 58 heavy (non-hydrogen) atoms. The smallest absolute Gasteiger partial charge is 0.138 e. The molecule has 0 atom stereocenters. The first kappa shape index (κ1) is 46.8. The SMILES string of the molecule is CCCc1ccccc1OC(CCC)(CCC)c1ccc(O)c(C(CCC)(CCC)Oc2ccccc2CCC)c1C(CCC)(CCC)Oc1ccccc1CCC. The molecule has 0 radical (unpaired) electrons. The Hall–Kier alpha value is -3.92. The van der Waals surface area contributed by atoms with Gasteiger partial charge in [0, 0.05) is 16.7 Å². The van der Waals surface area contributed by atoms with E-state index in [9.17, 15) is 5.11 Å². The van der Waals surface area contributed by atoms with Crippen LogP contribution in [0.25, 0.3) is 0 Å². The average Bonchev–Trinajstić information content (AvgIpc) is 3.21. The van der Waals surface area contributed by atoms with E-state index in [1.165, 1.54) is 16.7 Å². The van der Waals surface area contributed by atoms with Crippen molar-refractivity contribution in [3.63, 3.8) is 0 Å². The second-order valence-corrected chi connectivity index (χ2v) is 16.7. The van der Waals surface area contributed by atoms with E-state index in [2.05, 4.69) is 141 Å². The zero-order valence-corrected chi connectivity index (χ0v) is 38.0. The van der Waals surface area contributed by atoms with E-state index < -0.39 is 16.8 Å². The molecule has 1 N–H and O–H groups in total. The summed E-state index contributed by atoms with van der Waals surface area (Å²) in [6.45, 7) is 20.3. The summed E-state index contributed by atoms with van der Waals surface area (Å²) >= 11 is 0. The number of hydrogen-bond donors (Lipinski definition) is 1. The number of hydrogen-bond acceptors (Lipinski definition) is 4. The number of aromatic hydroxyl groups is 1. The zero-order valence-electron chi connectivity index (χ0n) is 38.0. The van der Waals surface area contributed by atoms with Gasteiger partial charge in [-0.3, -0.25) is 0 Å². The van der Waals surface area contributed by atoms with E-state index in [0.717, 1.165) is 150 Å². The number of phenolic OH excluding ortho intramolecular Hbond substituents is 1. The maximum Gasteiger partial charge on any atom is 0.138 e. The third-order valence-electron chi connectivity index (χ3n) is 11.9. The highest BCUT2D eigenvalue weighted by molar-refractivity contribution is 5.55. The molecule has 4 heteroatoms. The quantitative estimate of drug-likeness (QED) is 0.0653. The second kappa shape index (κ2) is 23.0. The largest absolute Gasteiger partial charge is 0.508 e. The van der Waals surface area contributed by atoms with Crippen LogP contribution in [0.5, 0.6) is 23.0 Å². The number of aryl methyl sites for hydroxylation is 3.